The van der Waals surface area contributed by atoms with Crippen molar-refractivity contribution in [2.45, 2.75) is 56.3 Å². The fourth-order valence-corrected chi connectivity index (χ4v) is 8.63. The number of rotatable bonds is 12. The number of methoxy groups -OCH3 is 2. The van der Waals surface area contributed by atoms with Crippen molar-refractivity contribution in [3.8, 4) is 11.5 Å². The predicted molar refractivity (Wildman–Crippen MR) is 204 cm³/mol. The fraction of sp³-hybridized carbons (Fsp3) is 0.405. The van der Waals surface area contributed by atoms with E-state index in [2.05, 4.69) is 26.9 Å². The molecule has 12 heteroatoms. The van der Waals surface area contributed by atoms with Crippen LogP contribution in [0.15, 0.2) is 85.2 Å². The summed E-state index contributed by atoms with van der Waals surface area (Å²) in [7, 11) is 3.12. The third kappa shape index (κ3) is 8.53. The summed E-state index contributed by atoms with van der Waals surface area (Å²) in [6, 6.07) is 23.1. The highest BCUT2D eigenvalue weighted by Gasteiger charge is 2.47. The van der Waals surface area contributed by atoms with E-state index in [9.17, 15) is 9.59 Å². The van der Waals surface area contributed by atoms with Gasteiger partial charge in [0.15, 0.2) is 23.9 Å². The van der Waals surface area contributed by atoms with E-state index in [0.717, 1.165) is 56.7 Å². The molecule has 0 aliphatic carbocycles. The van der Waals surface area contributed by atoms with Gasteiger partial charge in [0.05, 0.1) is 25.2 Å². The molecule has 0 spiro atoms. The Kier molecular flexibility index (Phi) is 12.8. The Bertz CT molecular complexity index is 1880. The Morgan fingerprint density at radius 2 is 1.54 bits per heavy atom. The number of fused-ring (bicyclic) bond motifs is 3. The lowest BCUT2D eigenvalue weighted by Gasteiger charge is -2.46. The van der Waals surface area contributed by atoms with Crippen LogP contribution in [-0.4, -0.2) is 80.3 Å². The van der Waals surface area contributed by atoms with E-state index in [1.54, 1.807) is 50.9 Å². The molecule has 10 nitrogen and oxygen atoms in total. The highest BCUT2D eigenvalue weighted by Crippen LogP contribution is 2.40. The van der Waals surface area contributed by atoms with Gasteiger partial charge in [0.1, 0.15) is 22.3 Å². The number of ether oxygens (including phenoxy) is 4. The maximum absolute atomic E-state index is 14.1. The monoisotopic (exact) mass is 775 g/mol. The molecule has 54 heavy (non-hydrogen) atoms. The van der Waals surface area contributed by atoms with Gasteiger partial charge in [-0.25, -0.2) is 9.78 Å². The zero-order chi connectivity index (χ0) is 37.0. The van der Waals surface area contributed by atoms with E-state index in [0.29, 0.717) is 63.5 Å². The SMILES string of the molecule is COc1ccc([C@H](Cc2c(Cl)c[nH+]cc2Cl)OC(=O)c2ccc(CN3CCC(C(=O)O[C@H]4CN5CCC4CC5)(c4ccccc4)CC3)cc2)cc1OC.[OH-]. The number of esters is 2. The van der Waals surface area contributed by atoms with E-state index in [-0.39, 0.29) is 24.0 Å². The van der Waals surface area contributed by atoms with Crippen molar-refractivity contribution in [3.63, 3.8) is 0 Å². The molecule has 4 aliphatic heterocycles. The molecular formula is C42H47Cl2N3O7. The maximum Gasteiger partial charge on any atom is 0.338 e. The lowest BCUT2D eigenvalue weighted by molar-refractivity contribution is -0.377. The van der Waals surface area contributed by atoms with Gasteiger partial charge in [0.25, 0.3) is 0 Å². The maximum atomic E-state index is 14.1. The van der Waals surface area contributed by atoms with E-state index >= 15 is 0 Å². The topological polar surface area (TPSA) is 122 Å². The summed E-state index contributed by atoms with van der Waals surface area (Å²) in [6.45, 7) is 5.27. The molecule has 286 valence electrons. The van der Waals surface area contributed by atoms with Gasteiger partial charge >= 0.3 is 11.9 Å². The molecule has 0 unspecified atom stereocenters. The van der Waals surface area contributed by atoms with Gasteiger partial charge in [0, 0.05) is 25.1 Å². The van der Waals surface area contributed by atoms with E-state index in [4.69, 9.17) is 42.1 Å². The summed E-state index contributed by atoms with van der Waals surface area (Å²) in [6.07, 6.45) is 6.39. The summed E-state index contributed by atoms with van der Waals surface area (Å²) < 4.78 is 23.4. The van der Waals surface area contributed by atoms with Gasteiger partial charge in [-0.15, -0.1) is 0 Å². The van der Waals surface area contributed by atoms with Gasteiger partial charge in [-0.05, 0) is 98.7 Å². The van der Waals surface area contributed by atoms with Crippen LogP contribution in [0.3, 0.4) is 0 Å². The molecule has 3 aromatic carbocycles. The normalized spacial score (nSPS) is 21.0. The lowest BCUT2D eigenvalue weighted by Crippen LogP contribution is -2.54. The highest BCUT2D eigenvalue weighted by atomic mass is 35.5. The average molecular weight is 777 g/mol. The molecule has 8 rings (SSSR count). The number of likely N-dealkylation sites (tertiary alicyclic amines) is 1. The summed E-state index contributed by atoms with van der Waals surface area (Å²) in [5.74, 6) is 0.989. The molecule has 0 amide bonds. The number of hydrogen-bond acceptors (Lipinski definition) is 9. The first-order chi connectivity index (χ1) is 25.8. The Labute approximate surface area is 326 Å². The summed E-state index contributed by atoms with van der Waals surface area (Å²) in [4.78, 5) is 35.4. The molecule has 1 aromatic heterocycles. The van der Waals surface area contributed by atoms with Crippen molar-refractivity contribution < 1.29 is 39.0 Å². The second-order valence-corrected chi connectivity index (χ2v) is 15.2. The molecule has 5 heterocycles. The van der Waals surface area contributed by atoms with Crippen LogP contribution in [0.2, 0.25) is 10.0 Å². The van der Waals surface area contributed by atoms with Crippen molar-refractivity contribution in [2.24, 2.45) is 5.92 Å². The van der Waals surface area contributed by atoms with Gasteiger partial charge in [-0.2, -0.15) is 0 Å². The Hall–Kier alpha value is -4.19. The van der Waals surface area contributed by atoms with Crippen molar-refractivity contribution >= 4 is 35.1 Å². The van der Waals surface area contributed by atoms with Gasteiger partial charge < -0.3 is 24.4 Å². The van der Waals surface area contributed by atoms with Crippen LogP contribution in [0, 0.1) is 5.92 Å². The van der Waals surface area contributed by atoms with Crippen LogP contribution < -0.4 is 14.5 Å². The largest absolute Gasteiger partial charge is 0.870 e. The van der Waals surface area contributed by atoms with Crippen LogP contribution in [0.4, 0.5) is 0 Å². The number of halogens is 2. The van der Waals surface area contributed by atoms with Crippen LogP contribution in [0.1, 0.15) is 64.4 Å². The number of aromatic amines is 1. The molecule has 0 saturated carbocycles. The van der Waals surface area contributed by atoms with E-state index in [1.165, 1.54) is 0 Å². The van der Waals surface area contributed by atoms with Crippen LogP contribution in [0.25, 0.3) is 0 Å². The molecule has 4 fully saturated rings. The molecule has 4 saturated heterocycles. The average Bonchev–Trinajstić information content (AvgIpc) is 3.20. The molecular weight excluding hydrogens is 729 g/mol. The van der Waals surface area contributed by atoms with E-state index < -0.39 is 17.5 Å². The quantitative estimate of drug-likeness (QED) is 0.141. The number of piperidine rings is 4. The first-order valence-corrected chi connectivity index (χ1v) is 19.1. The molecule has 2 bridgehead atoms. The third-order valence-electron chi connectivity index (χ3n) is 11.3. The van der Waals surface area contributed by atoms with Gasteiger partial charge in [-0.1, -0.05) is 71.7 Å². The van der Waals surface area contributed by atoms with Crippen molar-refractivity contribution in [3.05, 3.63) is 123 Å². The van der Waals surface area contributed by atoms with Gasteiger partial charge in [0.2, 0.25) is 0 Å². The summed E-state index contributed by atoms with van der Waals surface area (Å²) >= 11 is 13.0. The standard InChI is InChI=1S/C42H45Cl2N3O6.H2O/c1-50-36-13-12-31(22-38(36)51-2)37(23-33-34(43)24-45-25-35(33)44)52-40(48)30-10-8-28(9-11-30)26-47-20-16-42(17-21-47,32-6-4-3-5-7-32)41(49)53-39-27-46-18-14-29(39)15-19-46;/h3-13,22,24-25,29,37,39H,14-21,23,26-27H2,1-2H3;1H2/t37-,39-;/m0./s1. The Morgan fingerprint density at radius 3 is 2.15 bits per heavy atom. The summed E-state index contributed by atoms with van der Waals surface area (Å²) in [5.41, 5.74) is 3.23. The molecule has 2 N–H and O–H groups in total. The second-order valence-electron chi connectivity index (χ2n) is 14.3. The number of carbonyl (C=O) groups excluding carboxylic acids is 2. The number of aromatic nitrogens is 1. The second kappa shape index (κ2) is 17.5. The number of benzene rings is 3. The Balaban J connectivity index is 0.00000497. The highest BCUT2D eigenvalue weighted by molar-refractivity contribution is 6.35. The Morgan fingerprint density at radius 1 is 0.870 bits per heavy atom. The smallest absolute Gasteiger partial charge is 0.338 e. The number of nitrogens with zero attached hydrogens (tertiary/aromatic N) is 2. The number of nitrogens with one attached hydrogen (secondary N) is 1. The molecule has 4 aromatic rings. The molecule has 4 aliphatic rings. The zero-order valence-corrected chi connectivity index (χ0v) is 32.2. The first-order valence-electron chi connectivity index (χ1n) is 18.3. The molecule has 2 atom stereocenters. The van der Waals surface area contributed by atoms with Crippen LogP contribution in [-0.2, 0) is 32.6 Å². The number of carbonyl (C=O) groups is 2. The first kappa shape index (κ1) is 39.5. The number of pyridine rings is 1. The predicted octanol–water partition coefficient (Wildman–Crippen LogP) is 6.96. The zero-order valence-electron chi connectivity index (χ0n) is 30.6. The van der Waals surface area contributed by atoms with Crippen molar-refractivity contribution in [1.29, 1.82) is 0 Å². The molecule has 0 radical (unpaired) electrons. The third-order valence-corrected chi connectivity index (χ3v) is 12.0. The minimum atomic E-state index is -0.713. The fourth-order valence-electron chi connectivity index (χ4n) is 8.09. The van der Waals surface area contributed by atoms with Crippen LogP contribution in [0.5, 0.6) is 11.5 Å². The van der Waals surface area contributed by atoms with E-state index in [1.807, 2.05) is 36.4 Å². The number of hydrogen-bond donors (Lipinski definition) is 0. The van der Waals surface area contributed by atoms with Crippen molar-refractivity contribution in [2.75, 3.05) is 46.9 Å². The lowest BCUT2D eigenvalue weighted by atomic mass is 9.72. The minimum Gasteiger partial charge on any atom is -0.870 e. The minimum absolute atomic E-state index is 0. The summed E-state index contributed by atoms with van der Waals surface area (Å²) in [5, 5.41) is 0.876. The van der Waals surface area contributed by atoms with Gasteiger partial charge in [-0.3, -0.25) is 14.6 Å². The van der Waals surface area contributed by atoms with Crippen LogP contribution >= 0.6 is 23.2 Å². The van der Waals surface area contributed by atoms with Crippen molar-refractivity contribution in [1.82, 2.24) is 9.80 Å². The number of H-pyrrole nitrogens is 1.